The molecule has 0 radical (unpaired) electrons. The van der Waals surface area contributed by atoms with Crippen molar-refractivity contribution in [2.45, 2.75) is 17.9 Å². The lowest BCUT2D eigenvalue weighted by Gasteiger charge is -2.33. The lowest BCUT2D eigenvalue weighted by Crippen LogP contribution is -2.50. The lowest BCUT2D eigenvalue weighted by molar-refractivity contribution is 0.0108. The standard InChI is InChI=1S/C13H20N2O5S/c1-2-20-12-4-3-10(14)7-13(12)21(17,18)15-5-6-19-9-11(15)8-16/h3-4,7,11,16H,2,5-6,8-9,14H2,1H3. The van der Waals surface area contributed by atoms with Gasteiger partial charge in [0.2, 0.25) is 10.0 Å². The van der Waals surface area contributed by atoms with Crippen LogP contribution < -0.4 is 10.5 Å². The van der Waals surface area contributed by atoms with E-state index in [-0.39, 0.29) is 30.4 Å². The highest BCUT2D eigenvalue weighted by Gasteiger charge is 2.35. The molecule has 1 fully saturated rings. The first-order chi connectivity index (χ1) is 10.0. The molecule has 1 heterocycles. The predicted octanol–water partition coefficient (Wildman–Crippen LogP) is 0.0493. The minimum absolute atomic E-state index is 0.0182. The Hall–Kier alpha value is -1.35. The van der Waals surface area contributed by atoms with Gasteiger partial charge in [0.05, 0.1) is 32.5 Å². The second-order valence-corrected chi connectivity index (χ2v) is 6.53. The van der Waals surface area contributed by atoms with E-state index in [0.717, 1.165) is 0 Å². The molecule has 3 N–H and O–H groups in total. The van der Waals surface area contributed by atoms with Crippen LogP contribution in [-0.4, -0.2) is 56.8 Å². The number of nitrogen functional groups attached to an aromatic ring is 1. The second-order valence-electron chi connectivity index (χ2n) is 4.67. The van der Waals surface area contributed by atoms with E-state index in [1.54, 1.807) is 19.1 Å². The minimum Gasteiger partial charge on any atom is -0.492 e. The molecule has 7 nitrogen and oxygen atoms in total. The first kappa shape index (κ1) is 16.0. The number of benzene rings is 1. The third kappa shape index (κ3) is 3.29. The fraction of sp³-hybridized carbons (Fsp3) is 0.538. The van der Waals surface area contributed by atoms with Gasteiger partial charge in [-0.2, -0.15) is 4.31 Å². The van der Waals surface area contributed by atoms with Gasteiger partial charge in [-0.1, -0.05) is 0 Å². The molecule has 2 rings (SSSR count). The minimum atomic E-state index is -3.81. The summed E-state index contributed by atoms with van der Waals surface area (Å²) in [7, 11) is -3.81. The summed E-state index contributed by atoms with van der Waals surface area (Å²) in [5, 5.41) is 9.36. The van der Waals surface area contributed by atoms with Crippen LogP contribution in [0.25, 0.3) is 0 Å². The van der Waals surface area contributed by atoms with Gasteiger partial charge >= 0.3 is 0 Å². The van der Waals surface area contributed by atoms with Gasteiger partial charge in [-0.3, -0.25) is 0 Å². The number of nitrogens with zero attached hydrogens (tertiary/aromatic N) is 1. The van der Waals surface area contributed by atoms with Gasteiger partial charge in [0.1, 0.15) is 10.6 Å². The van der Waals surface area contributed by atoms with Crippen molar-refractivity contribution in [1.29, 1.82) is 0 Å². The zero-order chi connectivity index (χ0) is 15.5. The molecule has 0 amide bonds. The summed E-state index contributed by atoms with van der Waals surface area (Å²) in [6, 6.07) is 3.91. The molecule has 1 aromatic rings. The van der Waals surface area contributed by atoms with Gasteiger partial charge in [0.15, 0.2) is 0 Å². The number of sulfonamides is 1. The largest absolute Gasteiger partial charge is 0.492 e. The Labute approximate surface area is 124 Å². The van der Waals surface area contributed by atoms with Crippen molar-refractivity contribution in [2.24, 2.45) is 0 Å². The molecule has 118 valence electrons. The molecular formula is C13H20N2O5S. The van der Waals surface area contributed by atoms with E-state index in [2.05, 4.69) is 0 Å². The topological polar surface area (TPSA) is 102 Å². The number of hydrogen-bond acceptors (Lipinski definition) is 6. The summed E-state index contributed by atoms with van der Waals surface area (Å²) in [6.07, 6.45) is 0. The van der Waals surface area contributed by atoms with Crippen molar-refractivity contribution in [2.75, 3.05) is 38.7 Å². The quantitative estimate of drug-likeness (QED) is 0.744. The van der Waals surface area contributed by atoms with Gasteiger partial charge in [-0.05, 0) is 25.1 Å². The molecule has 1 aromatic carbocycles. The van der Waals surface area contributed by atoms with Crippen molar-refractivity contribution in [1.82, 2.24) is 4.31 Å². The highest BCUT2D eigenvalue weighted by atomic mass is 32.2. The van der Waals surface area contributed by atoms with Gasteiger partial charge in [-0.25, -0.2) is 8.42 Å². The summed E-state index contributed by atoms with van der Waals surface area (Å²) >= 11 is 0. The number of anilines is 1. The second kappa shape index (κ2) is 6.61. The summed E-state index contributed by atoms with van der Waals surface area (Å²) < 4.78 is 37.5. The van der Waals surface area contributed by atoms with E-state index in [4.69, 9.17) is 15.2 Å². The molecule has 21 heavy (non-hydrogen) atoms. The number of rotatable bonds is 5. The molecule has 1 atom stereocenters. The first-order valence-corrected chi connectivity index (χ1v) is 8.17. The van der Waals surface area contributed by atoms with E-state index >= 15 is 0 Å². The van der Waals surface area contributed by atoms with Crippen molar-refractivity contribution < 1.29 is 23.0 Å². The Bertz CT molecular complexity index is 590. The van der Waals surface area contributed by atoms with Crippen LogP contribution in [0, 0.1) is 0 Å². The van der Waals surface area contributed by atoms with Crippen LogP contribution in [0.3, 0.4) is 0 Å². The molecule has 1 aliphatic heterocycles. The van der Waals surface area contributed by atoms with Gasteiger partial charge < -0.3 is 20.3 Å². The molecular weight excluding hydrogens is 296 g/mol. The average Bonchev–Trinajstić information content (AvgIpc) is 2.49. The molecule has 1 aliphatic rings. The molecule has 0 aliphatic carbocycles. The van der Waals surface area contributed by atoms with E-state index in [9.17, 15) is 13.5 Å². The average molecular weight is 316 g/mol. The molecule has 8 heteroatoms. The third-order valence-corrected chi connectivity index (χ3v) is 5.21. The zero-order valence-electron chi connectivity index (χ0n) is 11.9. The molecule has 1 saturated heterocycles. The molecule has 0 spiro atoms. The number of aliphatic hydroxyl groups is 1. The highest BCUT2D eigenvalue weighted by molar-refractivity contribution is 7.89. The molecule has 0 aromatic heterocycles. The first-order valence-electron chi connectivity index (χ1n) is 6.73. The monoisotopic (exact) mass is 316 g/mol. The van der Waals surface area contributed by atoms with Crippen molar-refractivity contribution in [3.05, 3.63) is 18.2 Å². The Morgan fingerprint density at radius 3 is 2.95 bits per heavy atom. The Balaban J connectivity index is 2.45. The van der Waals surface area contributed by atoms with Crippen LogP contribution in [0.2, 0.25) is 0 Å². The number of ether oxygens (including phenoxy) is 2. The van der Waals surface area contributed by atoms with Crippen LogP contribution >= 0.6 is 0 Å². The van der Waals surface area contributed by atoms with E-state index in [1.165, 1.54) is 10.4 Å². The third-order valence-electron chi connectivity index (χ3n) is 3.24. The Morgan fingerprint density at radius 2 is 2.29 bits per heavy atom. The number of aliphatic hydroxyl groups excluding tert-OH is 1. The van der Waals surface area contributed by atoms with Crippen LogP contribution in [0.4, 0.5) is 5.69 Å². The fourth-order valence-corrected chi connectivity index (χ4v) is 3.98. The van der Waals surface area contributed by atoms with Crippen LogP contribution in [-0.2, 0) is 14.8 Å². The van der Waals surface area contributed by atoms with Crippen molar-refractivity contribution >= 4 is 15.7 Å². The Kier molecular flexibility index (Phi) is 5.04. The van der Waals surface area contributed by atoms with E-state index in [0.29, 0.717) is 18.9 Å². The van der Waals surface area contributed by atoms with E-state index in [1.807, 2.05) is 0 Å². The summed E-state index contributed by atoms with van der Waals surface area (Å²) in [5.41, 5.74) is 6.04. The molecule has 1 unspecified atom stereocenters. The lowest BCUT2D eigenvalue weighted by atomic mass is 10.3. The SMILES string of the molecule is CCOc1ccc(N)cc1S(=O)(=O)N1CCOCC1CO. The normalized spacial score (nSPS) is 20.4. The number of morpholine rings is 1. The maximum Gasteiger partial charge on any atom is 0.247 e. The maximum absolute atomic E-state index is 12.8. The van der Waals surface area contributed by atoms with Crippen molar-refractivity contribution in [3.63, 3.8) is 0 Å². The number of nitrogens with two attached hydrogens (primary N) is 1. The molecule has 0 bridgehead atoms. The smallest absolute Gasteiger partial charge is 0.247 e. The predicted molar refractivity (Wildman–Crippen MR) is 77.6 cm³/mol. The summed E-state index contributed by atoms with van der Waals surface area (Å²) in [6.45, 7) is 2.47. The van der Waals surface area contributed by atoms with Crippen LogP contribution in [0.5, 0.6) is 5.75 Å². The molecule has 0 saturated carbocycles. The van der Waals surface area contributed by atoms with Gasteiger partial charge in [0, 0.05) is 12.2 Å². The van der Waals surface area contributed by atoms with Crippen LogP contribution in [0.15, 0.2) is 23.1 Å². The Morgan fingerprint density at radius 1 is 1.52 bits per heavy atom. The zero-order valence-corrected chi connectivity index (χ0v) is 12.7. The fourth-order valence-electron chi connectivity index (χ4n) is 2.23. The highest BCUT2D eigenvalue weighted by Crippen LogP contribution is 2.30. The van der Waals surface area contributed by atoms with Gasteiger partial charge in [0.25, 0.3) is 0 Å². The summed E-state index contributed by atoms with van der Waals surface area (Å²) in [5.74, 6) is 0.259. The van der Waals surface area contributed by atoms with E-state index < -0.39 is 16.1 Å². The maximum atomic E-state index is 12.8. The van der Waals surface area contributed by atoms with Crippen molar-refractivity contribution in [3.8, 4) is 5.75 Å². The van der Waals surface area contributed by atoms with Gasteiger partial charge in [-0.15, -0.1) is 0 Å². The number of hydrogen-bond donors (Lipinski definition) is 2. The summed E-state index contributed by atoms with van der Waals surface area (Å²) in [4.78, 5) is 0.0182. The van der Waals surface area contributed by atoms with Crippen LogP contribution in [0.1, 0.15) is 6.92 Å².